The number of benzene rings is 2. The summed E-state index contributed by atoms with van der Waals surface area (Å²) in [6.07, 6.45) is 2.83. The SMILES string of the molecule is CCCCNC(=O)c1ccccc1NC(=O)CN(c1ccc(Cl)cc1C)S(C)(=O)=O. The van der Waals surface area contributed by atoms with E-state index in [1.165, 1.54) is 0 Å². The number of hydrogen-bond acceptors (Lipinski definition) is 4. The summed E-state index contributed by atoms with van der Waals surface area (Å²) in [4.78, 5) is 25.1. The predicted molar refractivity (Wildman–Crippen MR) is 121 cm³/mol. The molecule has 2 rings (SSSR count). The first-order chi connectivity index (χ1) is 14.1. The fourth-order valence-electron chi connectivity index (χ4n) is 2.86. The van der Waals surface area contributed by atoms with Gasteiger partial charge in [-0.3, -0.25) is 13.9 Å². The normalized spacial score (nSPS) is 11.1. The second-order valence-electron chi connectivity index (χ2n) is 6.90. The molecule has 0 fully saturated rings. The van der Waals surface area contributed by atoms with Gasteiger partial charge >= 0.3 is 0 Å². The molecule has 0 aliphatic carbocycles. The maximum Gasteiger partial charge on any atom is 0.253 e. The van der Waals surface area contributed by atoms with Crippen LogP contribution in [0, 0.1) is 6.92 Å². The van der Waals surface area contributed by atoms with Gasteiger partial charge in [0.05, 0.1) is 23.2 Å². The molecule has 2 amide bonds. The Hall–Kier alpha value is -2.58. The number of hydrogen-bond donors (Lipinski definition) is 2. The van der Waals surface area contributed by atoms with Crippen molar-refractivity contribution in [1.29, 1.82) is 0 Å². The standard InChI is InChI=1S/C21H26ClN3O4S/c1-4-5-12-23-21(27)17-8-6-7-9-18(17)24-20(26)14-25(30(3,28)29)19-11-10-16(22)13-15(19)2/h6-11,13H,4-5,12,14H2,1-3H3,(H,23,27)(H,24,26). The van der Waals surface area contributed by atoms with Crippen molar-refractivity contribution in [2.75, 3.05) is 29.0 Å². The smallest absolute Gasteiger partial charge is 0.253 e. The first-order valence-corrected chi connectivity index (χ1v) is 11.8. The average molecular weight is 452 g/mol. The molecule has 2 aromatic carbocycles. The van der Waals surface area contributed by atoms with E-state index < -0.39 is 22.5 Å². The van der Waals surface area contributed by atoms with Crippen LogP contribution in [0.5, 0.6) is 0 Å². The Kier molecular flexibility index (Phi) is 8.25. The minimum atomic E-state index is -3.73. The van der Waals surface area contributed by atoms with E-state index in [1.807, 2.05) is 6.92 Å². The maximum atomic E-state index is 12.7. The summed E-state index contributed by atoms with van der Waals surface area (Å²) in [5.41, 5.74) is 1.62. The van der Waals surface area contributed by atoms with Gasteiger partial charge in [-0.15, -0.1) is 0 Å². The Balaban J connectivity index is 2.22. The first kappa shape index (κ1) is 23.7. The van der Waals surface area contributed by atoms with E-state index in [-0.39, 0.29) is 5.91 Å². The summed E-state index contributed by atoms with van der Waals surface area (Å²) in [5, 5.41) is 5.93. The molecule has 0 saturated heterocycles. The molecule has 0 bridgehead atoms. The van der Waals surface area contributed by atoms with Crippen molar-refractivity contribution in [3.05, 3.63) is 58.6 Å². The van der Waals surface area contributed by atoms with Crippen molar-refractivity contribution in [1.82, 2.24) is 5.32 Å². The van der Waals surface area contributed by atoms with Gasteiger partial charge in [0.2, 0.25) is 15.9 Å². The predicted octanol–water partition coefficient (Wildman–Crippen LogP) is 3.58. The number of unbranched alkanes of at least 4 members (excludes halogenated alkanes) is 1. The zero-order valence-electron chi connectivity index (χ0n) is 17.2. The number of anilines is 2. The van der Waals surface area contributed by atoms with E-state index in [0.717, 1.165) is 23.4 Å². The van der Waals surface area contributed by atoms with Crippen LogP contribution in [0.15, 0.2) is 42.5 Å². The molecule has 2 N–H and O–H groups in total. The molecule has 0 atom stereocenters. The molecule has 0 heterocycles. The fraction of sp³-hybridized carbons (Fsp3) is 0.333. The second-order valence-corrected chi connectivity index (χ2v) is 9.25. The topological polar surface area (TPSA) is 95.6 Å². The highest BCUT2D eigenvalue weighted by Crippen LogP contribution is 2.25. The number of carbonyl (C=O) groups is 2. The Morgan fingerprint density at radius 3 is 2.47 bits per heavy atom. The number of aryl methyl sites for hydroxylation is 1. The molecule has 0 radical (unpaired) electrons. The number of amides is 2. The van der Waals surface area contributed by atoms with Gasteiger partial charge in [0.15, 0.2) is 0 Å². The van der Waals surface area contributed by atoms with Gasteiger partial charge in [-0.1, -0.05) is 37.1 Å². The largest absolute Gasteiger partial charge is 0.352 e. The lowest BCUT2D eigenvalue weighted by Crippen LogP contribution is -2.38. The highest BCUT2D eigenvalue weighted by Gasteiger charge is 2.23. The van der Waals surface area contributed by atoms with Crippen molar-refractivity contribution in [2.24, 2.45) is 0 Å². The molecule has 0 aliphatic rings. The Labute approximate surface area is 182 Å². The van der Waals surface area contributed by atoms with E-state index in [0.29, 0.717) is 34.1 Å². The van der Waals surface area contributed by atoms with Gasteiger partial charge in [0.25, 0.3) is 5.91 Å². The van der Waals surface area contributed by atoms with Crippen molar-refractivity contribution in [3.63, 3.8) is 0 Å². The number of para-hydroxylation sites is 1. The van der Waals surface area contributed by atoms with Crippen molar-refractivity contribution in [3.8, 4) is 0 Å². The minimum absolute atomic E-state index is 0.298. The third-order valence-electron chi connectivity index (χ3n) is 4.38. The quantitative estimate of drug-likeness (QED) is 0.569. The second kappa shape index (κ2) is 10.4. The molecule has 0 spiro atoms. The van der Waals surface area contributed by atoms with Crippen molar-refractivity contribution >= 4 is 44.8 Å². The van der Waals surface area contributed by atoms with Crippen LogP contribution in [-0.2, 0) is 14.8 Å². The van der Waals surface area contributed by atoms with Crippen LogP contribution in [0.2, 0.25) is 5.02 Å². The number of sulfonamides is 1. The van der Waals surface area contributed by atoms with E-state index in [1.54, 1.807) is 49.4 Å². The summed E-state index contributed by atoms with van der Waals surface area (Å²) < 4.78 is 25.7. The molecular formula is C21H26ClN3O4S. The molecule has 7 nitrogen and oxygen atoms in total. The van der Waals surface area contributed by atoms with Crippen LogP contribution in [0.4, 0.5) is 11.4 Å². The van der Waals surface area contributed by atoms with Crippen LogP contribution in [0.3, 0.4) is 0 Å². The molecule has 2 aromatic rings. The van der Waals surface area contributed by atoms with Crippen molar-refractivity contribution in [2.45, 2.75) is 26.7 Å². The van der Waals surface area contributed by atoms with Gasteiger partial charge in [0, 0.05) is 11.6 Å². The van der Waals surface area contributed by atoms with Crippen molar-refractivity contribution < 1.29 is 18.0 Å². The van der Waals surface area contributed by atoms with E-state index >= 15 is 0 Å². The monoisotopic (exact) mass is 451 g/mol. The van der Waals surface area contributed by atoms with E-state index in [2.05, 4.69) is 10.6 Å². The number of carbonyl (C=O) groups excluding carboxylic acids is 2. The van der Waals surface area contributed by atoms with E-state index in [4.69, 9.17) is 11.6 Å². The third kappa shape index (κ3) is 6.47. The van der Waals surface area contributed by atoms with Crippen LogP contribution in [0.1, 0.15) is 35.7 Å². The highest BCUT2D eigenvalue weighted by molar-refractivity contribution is 7.92. The zero-order valence-corrected chi connectivity index (χ0v) is 18.8. The molecule has 0 aliphatic heterocycles. The summed E-state index contributed by atoms with van der Waals surface area (Å²) in [7, 11) is -3.73. The number of rotatable bonds is 9. The van der Waals surface area contributed by atoms with Crippen LogP contribution >= 0.6 is 11.6 Å². The fourth-order valence-corrected chi connectivity index (χ4v) is 4.00. The molecule has 0 saturated carbocycles. The summed E-state index contributed by atoms with van der Waals surface area (Å²) >= 11 is 5.96. The minimum Gasteiger partial charge on any atom is -0.352 e. The van der Waals surface area contributed by atoms with Gasteiger partial charge in [-0.05, 0) is 49.2 Å². The lowest BCUT2D eigenvalue weighted by atomic mass is 10.1. The Morgan fingerprint density at radius 1 is 1.13 bits per heavy atom. The van der Waals surface area contributed by atoms with Gasteiger partial charge in [-0.2, -0.15) is 0 Å². The molecule has 9 heteroatoms. The Morgan fingerprint density at radius 2 is 1.83 bits per heavy atom. The molecule has 0 unspecified atom stereocenters. The molecule has 30 heavy (non-hydrogen) atoms. The zero-order chi connectivity index (χ0) is 22.3. The maximum absolute atomic E-state index is 12.7. The van der Waals surface area contributed by atoms with Crippen LogP contribution in [0.25, 0.3) is 0 Å². The van der Waals surface area contributed by atoms with Crippen LogP contribution < -0.4 is 14.9 Å². The third-order valence-corrected chi connectivity index (χ3v) is 5.74. The lowest BCUT2D eigenvalue weighted by molar-refractivity contribution is -0.114. The van der Waals surface area contributed by atoms with Crippen LogP contribution in [-0.4, -0.2) is 39.6 Å². The molecule has 162 valence electrons. The summed E-state index contributed by atoms with van der Waals surface area (Å²) in [6.45, 7) is 3.84. The van der Waals surface area contributed by atoms with E-state index in [9.17, 15) is 18.0 Å². The lowest BCUT2D eigenvalue weighted by Gasteiger charge is -2.24. The average Bonchev–Trinajstić information content (AvgIpc) is 2.66. The summed E-state index contributed by atoms with van der Waals surface area (Å²) in [5.74, 6) is -0.864. The summed E-state index contributed by atoms with van der Waals surface area (Å²) in [6, 6.07) is 11.3. The molecular weight excluding hydrogens is 426 g/mol. The Bertz CT molecular complexity index is 1020. The first-order valence-electron chi connectivity index (χ1n) is 9.54. The van der Waals surface area contributed by atoms with Gasteiger partial charge in [0.1, 0.15) is 6.54 Å². The highest BCUT2D eigenvalue weighted by atomic mass is 35.5. The molecule has 0 aromatic heterocycles. The number of nitrogens with one attached hydrogen (secondary N) is 2. The van der Waals surface area contributed by atoms with Gasteiger partial charge in [-0.25, -0.2) is 8.42 Å². The van der Waals surface area contributed by atoms with Gasteiger partial charge < -0.3 is 10.6 Å². The number of halogens is 1. The number of nitrogens with zero attached hydrogens (tertiary/aromatic N) is 1.